The Hall–Kier alpha value is -0.800. The van der Waals surface area contributed by atoms with Crippen LogP contribution in [0.25, 0.3) is 10.9 Å². The van der Waals surface area contributed by atoms with Gasteiger partial charge in [-0.25, -0.2) is 0 Å². The number of rotatable bonds is 3. The van der Waals surface area contributed by atoms with Crippen LogP contribution in [-0.2, 0) is 6.54 Å². The van der Waals surface area contributed by atoms with E-state index in [2.05, 4.69) is 58.7 Å². The van der Waals surface area contributed by atoms with E-state index in [0.29, 0.717) is 12.5 Å². The van der Waals surface area contributed by atoms with Crippen molar-refractivity contribution in [3.8, 4) is 0 Å². The Kier molecular flexibility index (Phi) is 3.36. The standard InChI is InChI=1S/C13H17BrN2/c1-3-16-8-12(9(2)7-15)11-6-10(14)4-5-13(11)16/h4-6,8-9H,3,7,15H2,1-2H3. The quantitative estimate of drug-likeness (QED) is 0.917. The van der Waals surface area contributed by atoms with Gasteiger partial charge in [-0.05, 0) is 43.1 Å². The Morgan fingerprint density at radius 3 is 2.81 bits per heavy atom. The molecule has 0 saturated heterocycles. The van der Waals surface area contributed by atoms with Crippen LogP contribution in [0.3, 0.4) is 0 Å². The molecule has 0 aliphatic heterocycles. The number of halogens is 1. The van der Waals surface area contributed by atoms with E-state index in [1.165, 1.54) is 16.5 Å². The van der Waals surface area contributed by atoms with E-state index in [1.54, 1.807) is 0 Å². The van der Waals surface area contributed by atoms with Crippen LogP contribution >= 0.6 is 15.9 Å². The maximum Gasteiger partial charge on any atom is 0.0483 e. The highest BCUT2D eigenvalue weighted by atomic mass is 79.9. The first-order chi connectivity index (χ1) is 7.67. The first-order valence-corrected chi connectivity index (χ1v) is 6.45. The minimum atomic E-state index is 0.407. The molecule has 0 aliphatic rings. The summed E-state index contributed by atoms with van der Waals surface area (Å²) in [6, 6.07) is 6.43. The van der Waals surface area contributed by atoms with Gasteiger partial charge in [0.15, 0.2) is 0 Å². The lowest BCUT2D eigenvalue weighted by molar-refractivity contribution is 0.752. The molecule has 0 radical (unpaired) electrons. The van der Waals surface area contributed by atoms with Crippen LogP contribution < -0.4 is 5.73 Å². The lowest BCUT2D eigenvalue weighted by Gasteiger charge is -2.06. The van der Waals surface area contributed by atoms with Gasteiger partial charge in [0.1, 0.15) is 0 Å². The highest BCUT2D eigenvalue weighted by Gasteiger charge is 2.12. The number of hydrogen-bond donors (Lipinski definition) is 1. The minimum Gasteiger partial charge on any atom is -0.347 e. The zero-order chi connectivity index (χ0) is 11.7. The molecule has 2 nitrogen and oxygen atoms in total. The van der Waals surface area contributed by atoms with Gasteiger partial charge in [0.2, 0.25) is 0 Å². The van der Waals surface area contributed by atoms with Crippen LogP contribution in [0, 0.1) is 0 Å². The average molecular weight is 281 g/mol. The highest BCUT2D eigenvalue weighted by molar-refractivity contribution is 9.10. The van der Waals surface area contributed by atoms with E-state index in [0.717, 1.165) is 11.0 Å². The summed E-state index contributed by atoms with van der Waals surface area (Å²) in [7, 11) is 0. The Morgan fingerprint density at radius 1 is 1.44 bits per heavy atom. The molecule has 2 rings (SSSR count). The number of benzene rings is 1. The predicted octanol–water partition coefficient (Wildman–Crippen LogP) is 3.49. The number of aryl methyl sites for hydroxylation is 1. The molecule has 0 spiro atoms. The topological polar surface area (TPSA) is 30.9 Å². The van der Waals surface area contributed by atoms with E-state index in [-0.39, 0.29) is 0 Å². The fourth-order valence-electron chi connectivity index (χ4n) is 2.08. The molecule has 86 valence electrons. The van der Waals surface area contributed by atoms with Gasteiger partial charge in [0, 0.05) is 28.1 Å². The largest absolute Gasteiger partial charge is 0.347 e. The van der Waals surface area contributed by atoms with E-state index >= 15 is 0 Å². The summed E-state index contributed by atoms with van der Waals surface area (Å²) in [5, 5.41) is 1.31. The van der Waals surface area contributed by atoms with Crippen LogP contribution in [0.1, 0.15) is 25.3 Å². The SMILES string of the molecule is CCn1cc(C(C)CN)c2cc(Br)ccc21. The maximum absolute atomic E-state index is 5.76. The molecule has 2 aromatic rings. The second-order valence-electron chi connectivity index (χ2n) is 4.17. The first kappa shape index (κ1) is 11.7. The molecule has 0 aliphatic carbocycles. The normalized spacial score (nSPS) is 13.2. The number of aromatic nitrogens is 1. The van der Waals surface area contributed by atoms with Gasteiger partial charge in [-0.1, -0.05) is 22.9 Å². The number of hydrogen-bond acceptors (Lipinski definition) is 1. The average Bonchev–Trinajstić information content (AvgIpc) is 2.66. The molecule has 3 heteroatoms. The van der Waals surface area contributed by atoms with Gasteiger partial charge in [-0.2, -0.15) is 0 Å². The second-order valence-corrected chi connectivity index (χ2v) is 5.08. The van der Waals surface area contributed by atoms with Gasteiger partial charge >= 0.3 is 0 Å². The fraction of sp³-hybridized carbons (Fsp3) is 0.385. The van der Waals surface area contributed by atoms with Crippen molar-refractivity contribution in [2.75, 3.05) is 6.54 Å². The van der Waals surface area contributed by atoms with Crippen molar-refractivity contribution in [2.45, 2.75) is 26.3 Å². The van der Waals surface area contributed by atoms with Crippen LogP contribution in [0.15, 0.2) is 28.9 Å². The van der Waals surface area contributed by atoms with Crippen LogP contribution in [0.2, 0.25) is 0 Å². The van der Waals surface area contributed by atoms with Crippen molar-refractivity contribution in [1.82, 2.24) is 4.57 Å². The highest BCUT2D eigenvalue weighted by Crippen LogP contribution is 2.29. The van der Waals surface area contributed by atoms with Gasteiger partial charge in [0.05, 0.1) is 0 Å². The molecule has 0 bridgehead atoms. The van der Waals surface area contributed by atoms with Crippen molar-refractivity contribution in [3.05, 3.63) is 34.4 Å². The monoisotopic (exact) mass is 280 g/mol. The summed E-state index contributed by atoms with van der Waals surface area (Å²) < 4.78 is 3.41. The maximum atomic E-state index is 5.76. The third-order valence-electron chi connectivity index (χ3n) is 3.10. The summed E-state index contributed by atoms with van der Waals surface area (Å²) >= 11 is 3.53. The van der Waals surface area contributed by atoms with Crippen LogP contribution in [-0.4, -0.2) is 11.1 Å². The number of fused-ring (bicyclic) bond motifs is 1. The van der Waals surface area contributed by atoms with E-state index in [4.69, 9.17) is 5.73 Å². The third-order valence-corrected chi connectivity index (χ3v) is 3.59. The summed E-state index contributed by atoms with van der Waals surface area (Å²) in [4.78, 5) is 0. The number of nitrogens with zero attached hydrogens (tertiary/aromatic N) is 1. The molecule has 0 fully saturated rings. The van der Waals surface area contributed by atoms with E-state index < -0.39 is 0 Å². The predicted molar refractivity (Wildman–Crippen MR) is 72.8 cm³/mol. The Labute approximate surface area is 105 Å². The fourth-order valence-corrected chi connectivity index (χ4v) is 2.44. The molecule has 1 atom stereocenters. The molecule has 0 saturated carbocycles. The van der Waals surface area contributed by atoms with Crippen LogP contribution in [0.4, 0.5) is 0 Å². The van der Waals surface area contributed by atoms with Crippen molar-refractivity contribution in [1.29, 1.82) is 0 Å². The smallest absolute Gasteiger partial charge is 0.0483 e. The summed E-state index contributed by atoms with van der Waals surface area (Å²) in [6.45, 7) is 6.03. The van der Waals surface area contributed by atoms with Gasteiger partial charge in [0.25, 0.3) is 0 Å². The van der Waals surface area contributed by atoms with Gasteiger partial charge in [-0.15, -0.1) is 0 Å². The third kappa shape index (κ3) is 1.89. The van der Waals surface area contributed by atoms with Crippen molar-refractivity contribution in [3.63, 3.8) is 0 Å². The van der Waals surface area contributed by atoms with Gasteiger partial charge < -0.3 is 10.3 Å². The molecular formula is C13H17BrN2. The van der Waals surface area contributed by atoms with Crippen molar-refractivity contribution in [2.24, 2.45) is 5.73 Å². The molecule has 16 heavy (non-hydrogen) atoms. The lowest BCUT2D eigenvalue weighted by atomic mass is 10.0. The molecule has 2 N–H and O–H groups in total. The van der Waals surface area contributed by atoms with Crippen molar-refractivity contribution >= 4 is 26.8 Å². The van der Waals surface area contributed by atoms with Crippen molar-refractivity contribution < 1.29 is 0 Å². The Bertz CT molecular complexity index is 502. The first-order valence-electron chi connectivity index (χ1n) is 5.65. The zero-order valence-corrected chi connectivity index (χ0v) is 11.3. The number of nitrogens with two attached hydrogens (primary N) is 1. The minimum absolute atomic E-state index is 0.407. The lowest BCUT2D eigenvalue weighted by Crippen LogP contribution is -2.08. The molecule has 1 unspecified atom stereocenters. The zero-order valence-electron chi connectivity index (χ0n) is 9.70. The Morgan fingerprint density at radius 2 is 2.19 bits per heavy atom. The van der Waals surface area contributed by atoms with Crippen LogP contribution in [0.5, 0.6) is 0 Å². The van der Waals surface area contributed by atoms with Gasteiger partial charge in [-0.3, -0.25) is 0 Å². The Balaban J connectivity index is 2.68. The summed E-state index contributed by atoms with van der Waals surface area (Å²) in [5.41, 5.74) is 8.40. The molecule has 1 aromatic heterocycles. The summed E-state index contributed by atoms with van der Waals surface area (Å²) in [6.07, 6.45) is 2.23. The van der Waals surface area contributed by atoms with E-state index in [1.807, 2.05) is 0 Å². The summed E-state index contributed by atoms with van der Waals surface area (Å²) in [5.74, 6) is 0.407. The second kappa shape index (κ2) is 4.60. The molecule has 0 amide bonds. The molecule has 1 heterocycles. The molecule has 1 aromatic carbocycles. The van der Waals surface area contributed by atoms with E-state index in [9.17, 15) is 0 Å². The molecular weight excluding hydrogens is 264 g/mol.